The fourth-order valence-electron chi connectivity index (χ4n) is 0.769. The van der Waals surface area contributed by atoms with Crippen molar-refractivity contribution in [3.63, 3.8) is 0 Å². The number of carbonyl (C=O) groups excluding carboxylic acids is 1. The van der Waals surface area contributed by atoms with Crippen molar-refractivity contribution in [2.24, 2.45) is 5.16 Å². The molecule has 1 N–H and O–H groups in total. The van der Waals surface area contributed by atoms with Crippen molar-refractivity contribution in [3.05, 3.63) is 34.3 Å². The van der Waals surface area contributed by atoms with E-state index < -0.39 is 0 Å². The molecule has 0 heterocycles. The number of nitrogens with zero attached hydrogens (tertiary/aromatic N) is 1. The van der Waals surface area contributed by atoms with Crippen LogP contribution >= 0.6 is 15.9 Å². The Balaban J connectivity index is 2.96. The molecule has 0 aromatic heterocycles. The second-order valence-corrected chi connectivity index (χ2v) is 3.03. The molecule has 0 bridgehead atoms. The van der Waals surface area contributed by atoms with Crippen LogP contribution < -0.4 is 0 Å². The number of oxime groups is 1. The number of carbonyl (C=O) groups is 1. The van der Waals surface area contributed by atoms with E-state index >= 15 is 0 Å². The molecule has 0 aliphatic rings. The molecule has 1 rings (SSSR count). The Bertz CT molecular complexity index is 323. The van der Waals surface area contributed by atoms with Gasteiger partial charge in [0.1, 0.15) is 6.21 Å². The zero-order chi connectivity index (χ0) is 8.97. The number of Topliss-reactive ketones (excluding diaryl/α,β-unsaturated/α-hetero) is 1. The molecular weight excluding hydrogens is 222 g/mol. The van der Waals surface area contributed by atoms with Crippen molar-refractivity contribution in [2.45, 2.75) is 0 Å². The van der Waals surface area contributed by atoms with Gasteiger partial charge in [-0.1, -0.05) is 33.2 Å². The quantitative estimate of drug-likeness (QED) is 0.364. The highest BCUT2D eigenvalue weighted by Gasteiger charge is 2.01. The van der Waals surface area contributed by atoms with Gasteiger partial charge < -0.3 is 5.21 Å². The van der Waals surface area contributed by atoms with Gasteiger partial charge in [-0.3, -0.25) is 4.79 Å². The SMILES string of the molecule is O=C(/C=N/O)c1cccc(Br)c1. The highest BCUT2D eigenvalue weighted by Crippen LogP contribution is 2.11. The largest absolute Gasteiger partial charge is 0.411 e. The molecule has 3 nitrogen and oxygen atoms in total. The van der Waals surface area contributed by atoms with Crippen LogP contribution in [0.15, 0.2) is 33.9 Å². The fourth-order valence-corrected chi connectivity index (χ4v) is 1.17. The lowest BCUT2D eigenvalue weighted by molar-refractivity contribution is 0.106. The highest BCUT2D eigenvalue weighted by atomic mass is 79.9. The molecule has 0 spiro atoms. The van der Waals surface area contributed by atoms with Crippen LogP contribution in [0.3, 0.4) is 0 Å². The van der Waals surface area contributed by atoms with E-state index in [-0.39, 0.29) is 5.78 Å². The molecule has 0 unspecified atom stereocenters. The van der Waals surface area contributed by atoms with Crippen molar-refractivity contribution >= 4 is 27.9 Å². The first-order chi connectivity index (χ1) is 5.74. The third-order valence-electron chi connectivity index (χ3n) is 1.28. The number of rotatable bonds is 2. The maximum absolute atomic E-state index is 11.1. The Kier molecular flexibility index (Phi) is 2.99. The predicted octanol–water partition coefficient (Wildman–Crippen LogP) is 2.09. The summed E-state index contributed by atoms with van der Waals surface area (Å²) in [6.07, 6.45) is 0.863. The molecule has 0 amide bonds. The van der Waals surface area contributed by atoms with Gasteiger partial charge >= 0.3 is 0 Å². The van der Waals surface area contributed by atoms with Gasteiger partial charge in [0.2, 0.25) is 5.78 Å². The average Bonchev–Trinajstić information content (AvgIpc) is 2.05. The van der Waals surface area contributed by atoms with Crippen LogP contribution in [0, 0.1) is 0 Å². The van der Waals surface area contributed by atoms with Gasteiger partial charge in [0.25, 0.3) is 0 Å². The maximum atomic E-state index is 11.1. The van der Waals surface area contributed by atoms with Crippen LogP contribution in [0.1, 0.15) is 10.4 Å². The van der Waals surface area contributed by atoms with E-state index in [9.17, 15) is 4.79 Å². The second-order valence-electron chi connectivity index (χ2n) is 2.12. The first-order valence-electron chi connectivity index (χ1n) is 3.21. The van der Waals surface area contributed by atoms with E-state index in [4.69, 9.17) is 5.21 Å². The number of halogens is 1. The summed E-state index contributed by atoms with van der Waals surface area (Å²) in [5.41, 5.74) is 0.488. The zero-order valence-corrected chi connectivity index (χ0v) is 7.65. The Morgan fingerprint density at radius 1 is 1.58 bits per heavy atom. The molecule has 4 heteroatoms. The summed E-state index contributed by atoms with van der Waals surface area (Å²) >= 11 is 3.22. The topological polar surface area (TPSA) is 49.7 Å². The van der Waals surface area contributed by atoms with Crippen LogP contribution in [0.25, 0.3) is 0 Å². The minimum absolute atomic E-state index is 0.321. The number of benzene rings is 1. The summed E-state index contributed by atoms with van der Waals surface area (Å²) in [5, 5.41) is 10.8. The molecule has 1 aromatic rings. The van der Waals surface area contributed by atoms with Crippen molar-refractivity contribution in [1.82, 2.24) is 0 Å². The second kappa shape index (κ2) is 4.01. The van der Waals surface area contributed by atoms with E-state index in [1.54, 1.807) is 18.2 Å². The smallest absolute Gasteiger partial charge is 0.207 e. The molecule has 1 aromatic carbocycles. The van der Waals surface area contributed by atoms with E-state index in [0.717, 1.165) is 10.7 Å². The third-order valence-corrected chi connectivity index (χ3v) is 1.78. The summed E-state index contributed by atoms with van der Waals surface area (Å²) in [7, 11) is 0. The lowest BCUT2D eigenvalue weighted by atomic mass is 10.1. The third kappa shape index (κ3) is 2.17. The van der Waals surface area contributed by atoms with Crippen LogP contribution in [-0.2, 0) is 0 Å². The van der Waals surface area contributed by atoms with Crippen molar-refractivity contribution in [1.29, 1.82) is 0 Å². The minimum atomic E-state index is -0.321. The zero-order valence-electron chi connectivity index (χ0n) is 6.07. The molecule has 0 atom stereocenters. The Hall–Kier alpha value is -1.16. The van der Waals surface area contributed by atoms with Gasteiger partial charge in [0, 0.05) is 10.0 Å². The van der Waals surface area contributed by atoms with Gasteiger partial charge in [-0.15, -0.1) is 0 Å². The number of ketones is 1. The van der Waals surface area contributed by atoms with Gasteiger partial charge in [0.05, 0.1) is 0 Å². The molecule has 0 aliphatic heterocycles. The van der Waals surface area contributed by atoms with Crippen molar-refractivity contribution in [3.8, 4) is 0 Å². The van der Waals surface area contributed by atoms with Crippen molar-refractivity contribution in [2.75, 3.05) is 0 Å². The summed E-state index contributed by atoms with van der Waals surface area (Å²) in [5.74, 6) is -0.321. The fraction of sp³-hybridized carbons (Fsp3) is 0. The monoisotopic (exact) mass is 227 g/mol. The van der Waals surface area contributed by atoms with E-state index in [1.807, 2.05) is 6.07 Å². The van der Waals surface area contributed by atoms with E-state index in [0.29, 0.717) is 5.56 Å². The number of hydrogen-bond donors (Lipinski definition) is 1. The van der Waals surface area contributed by atoms with Crippen LogP contribution in [0.2, 0.25) is 0 Å². The Labute approximate surface area is 77.8 Å². The summed E-state index contributed by atoms with van der Waals surface area (Å²) < 4.78 is 0.819. The molecule has 0 saturated heterocycles. The summed E-state index contributed by atoms with van der Waals surface area (Å²) in [6, 6.07) is 6.86. The molecule has 0 aliphatic carbocycles. The van der Waals surface area contributed by atoms with Gasteiger partial charge in [-0.25, -0.2) is 0 Å². The molecule has 0 saturated carbocycles. The first kappa shape index (κ1) is 8.93. The molecule has 62 valence electrons. The Morgan fingerprint density at radius 3 is 2.92 bits per heavy atom. The molecule has 0 fully saturated rings. The van der Waals surface area contributed by atoms with Gasteiger partial charge in [-0.2, -0.15) is 0 Å². The van der Waals surface area contributed by atoms with Gasteiger partial charge in [0.15, 0.2) is 0 Å². The molecule has 12 heavy (non-hydrogen) atoms. The summed E-state index contributed by atoms with van der Waals surface area (Å²) in [4.78, 5) is 11.1. The minimum Gasteiger partial charge on any atom is -0.411 e. The van der Waals surface area contributed by atoms with Crippen LogP contribution in [-0.4, -0.2) is 17.2 Å². The first-order valence-corrected chi connectivity index (χ1v) is 4.00. The van der Waals surface area contributed by atoms with E-state index in [1.165, 1.54) is 0 Å². The predicted molar refractivity (Wildman–Crippen MR) is 48.8 cm³/mol. The maximum Gasteiger partial charge on any atom is 0.207 e. The van der Waals surface area contributed by atoms with Crippen LogP contribution in [0.4, 0.5) is 0 Å². The normalized spacial score (nSPS) is 10.4. The summed E-state index contributed by atoms with van der Waals surface area (Å²) in [6.45, 7) is 0. The average molecular weight is 228 g/mol. The molecule has 0 radical (unpaired) electrons. The van der Waals surface area contributed by atoms with E-state index in [2.05, 4.69) is 21.1 Å². The number of hydrogen-bond acceptors (Lipinski definition) is 3. The Morgan fingerprint density at radius 2 is 2.33 bits per heavy atom. The van der Waals surface area contributed by atoms with Crippen LogP contribution in [0.5, 0.6) is 0 Å². The van der Waals surface area contributed by atoms with Gasteiger partial charge in [-0.05, 0) is 12.1 Å². The standard InChI is InChI=1S/C8H6BrNO2/c9-7-3-1-2-6(4-7)8(11)5-10-12/h1-5,12H/b10-5+. The highest BCUT2D eigenvalue weighted by molar-refractivity contribution is 9.10. The lowest BCUT2D eigenvalue weighted by Crippen LogP contribution is -1.99. The van der Waals surface area contributed by atoms with Crippen molar-refractivity contribution < 1.29 is 10.0 Å². The molecular formula is C8H6BrNO2. The lowest BCUT2D eigenvalue weighted by Gasteiger charge is -1.94.